The van der Waals surface area contributed by atoms with E-state index in [4.69, 9.17) is 4.74 Å². The van der Waals surface area contributed by atoms with Crippen LogP contribution in [0.3, 0.4) is 0 Å². The summed E-state index contributed by atoms with van der Waals surface area (Å²) in [5.74, 6) is 0.981. The third-order valence-electron chi connectivity index (χ3n) is 4.18. The van der Waals surface area contributed by atoms with Crippen molar-refractivity contribution >= 4 is 0 Å². The maximum absolute atomic E-state index is 10.4. The zero-order valence-electron chi connectivity index (χ0n) is 12.0. The quantitative estimate of drug-likeness (QED) is 0.858. The van der Waals surface area contributed by atoms with Crippen molar-refractivity contribution in [1.82, 2.24) is 5.32 Å². The molecule has 3 heteroatoms. The number of hydrogen-bond donors (Lipinski definition) is 2. The highest BCUT2D eigenvalue weighted by molar-refractivity contribution is 5.36. The van der Waals surface area contributed by atoms with Gasteiger partial charge >= 0.3 is 0 Å². The lowest BCUT2D eigenvalue weighted by Gasteiger charge is -2.28. The van der Waals surface area contributed by atoms with Crippen molar-refractivity contribution in [2.45, 2.75) is 51.2 Å². The molecule has 0 aliphatic carbocycles. The Balaban J connectivity index is 2.08. The molecule has 0 bridgehead atoms. The lowest BCUT2D eigenvalue weighted by molar-refractivity contribution is 0.0295. The molecule has 2 N–H and O–H groups in total. The summed E-state index contributed by atoms with van der Waals surface area (Å²) in [7, 11) is 0. The summed E-state index contributed by atoms with van der Waals surface area (Å²) in [6.07, 6.45) is 3.66. The summed E-state index contributed by atoms with van der Waals surface area (Å²) in [5.41, 5.74) is 0.622. The van der Waals surface area contributed by atoms with Crippen LogP contribution in [-0.2, 0) is 0 Å². The van der Waals surface area contributed by atoms with Gasteiger partial charge in [0, 0.05) is 18.2 Å². The average Bonchev–Trinajstić information content (AvgIpc) is 2.67. The van der Waals surface area contributed by atoms with E-state index in [1.165, 1.54) is 5.56 Å². The number of fused-ring (bicyclic) bond motifs is 1. The summed E-state index contributed by atoms with van der Waals surface area (Å²) >= 11 is 0. The number of ether oxygens (including phenoxy) is 1. The van der Waals surface area contributed by atoms with Gasteiger partial charge in [-0.3, -0.25) is 0 Å². The SMILES string of the molecule is CCC(O)(CC)CNC1CCCOc2ccccc21. The van der Waals surface area contributed by atoms with E-state index in [0.717, 1.165) is 38.0 Å². The standard InChI is InChI=1S/C16H25NO2/c1-3-16(18,4-2)12-17-14-9-7-11-19-15-10-6-5-8-13(14)15/h5-6,8,10,14,17-18H,3-4,7,9,11-12H2,1-2H3. The lowest BCUT2D eigenvalue weighted by Crippen LogP contribution is -2.40. The largest absolute Gasteiger partial charge is 0.493 e. The number of rotatable bonds is 5. The molecule has 0 spiro atoms. The van der Waals surface area contributed by atoms with Gasteiger partial charge in [-0.1, -0.05) is 32.0 Å². The fraction of sp³-hybridized carbons (Fsp3) is 0.625. The lowest BCUT2D eigenvalue weighted by atomic mass is 9.95. The van der Waals surface area contributed by atoms with Crippen LogP contribution in [0.5, 0.6) is 5.75 Å². The number of para-hydroxylation sites is 1. The molecule has 1 unspecified atom stereocenters. The predicted molar refractivity (Wildman–Crippen MR) is 77.4 cm³/mol. The first-order valence-corrected chi connectivity index (χ1v) is 7.36. The van der Waals surface area contributed by atoms with Gasteiger partial charge in [0.05, 0.1) is 12.2 Å². The van der Waals surface area contributed by atoms with Crippen LogP contribution in [0.4, 0.5) is 0 Å². The van der Waals surface area contributed by atoms with Gasteiger partial charge in [0.25, 0.3) is 0 Å². The van der Waals surface area contributed by atoms with E-state index in [1.54, 1.807) is 0 Å². The number of nitrogens with one attached hydrogen (secondary N) is 1. The Bertz CT molecular complexity index is 401. The number of benzene rings is 1. The van der Waals surface area contributed by atoms with E-state index in [2.05, 4.69) is 11.4 Å². The van der Waals surface area contributed by atoms with Crippen LogP contribution in [0.25, 0.3) is 0 Å². The summed E-state index contributed by atoms with van der Waals surface area (Å²) < 4.78 is 5.76. The molecule has 1 atom stereocenters. The molecule has 0 radical (unpaired) electrons. The first kappa shape index (κ1) is 14.4. The van der Waals surface area contributed by atoms with E-state index in [-0.39, 0.29) is 6.04 Å². The molecule has 1 aliphatic heterocycles. The molecule has 1 aromatic carbocycles. The van der Waals surface area contributed by atoms with Crippen LogP contribution in [0, 0.1) is 0 Å². The van der Waals surface area contributed by atoms with Crippen LogP contribution < -0.4 is 10.1 Å². The highest BCUT2D eigenvalue weighted by Crippen LogP contribution is 2.31. The van der Waals surface area contributed by atoms with Gasteiger partial charge in [-0.15, -0.1) is 0 Å². The van der Waals surface area contributed by atoms with Crippen molar-refractivity contribution in [3.05, 3.63) is 29.8 Å². The predicted octanol–water partition coefficient (Wildman–Crippen LogP) is 3.04. The number of aliphatic hydroxyl groups is 1. The van der Waals surface area contributed by atoms with Crippen molar-refractivity contribution in [3.63, 3.8) is 0 Å². The molecular weight excluding hydrogens is 238 g/mol. The monoisotopic (exact) mass is 263 g/mol. The zero-order valence-corrected chi connectivity index (χ0v) is 12.0. The Morgan fingerprint density at radius 3 is 2.79 bits per heavy atom. The van der Waals surface area contributed by atoms with E-state index in [0.29, 0.717) is 6.54 Å². The highest BCUT2D eigenvalue weighted by Gasteiger charge is 2.25. The molecule has 0 saturated heterocycles. The molecule has 0 saturated carbocycles. The fourth-order valence-corrected chi connectivity index (χ4v) is 2.55. The smallest absolute Gasteiger partial charge is 0.124 e. The van der Waals surface area contributed by atoms with Gasteiger partial charge < -0.3 is 15.2 Å². The van der Waals surface area contributed by atoms with Crippen LogP contribution in [0.2, 0.25) is 0 Å². The molecule has 0 fully saturated rings. The van der Waals surface area contributed by atoms with Gasteiger partial charge in [0.2, 0.25) is 0 Å². The Morgan fingerprint density at radius 2 is 2.05 bits per heavy atom. The average molecular weight is 263 g/mol. The molecule has 1 aromatic rings. The maximum atomic E-state index is 10.4. The molecule has 2 rings (SSSR count). The van der Waals surface area contributed by atoms with E-state index >= 15 is 0 Å². The van der Waals surface area contributed by atoms with Crippen LogP contribution in [0.1, 0.15) is 51.1 Å². The van der Waals surface area contributed by atoms with Gasteiger partial charge in [-0.05, 0) is 31.7 Å². The second-order valence-electron chi connectivity index (χ2n) is 5.39. The van der Waals surface area contributed by atoms with Crippen molar-refractivity contribution < 1.29 is 9.84 Å². The second kappa shape index (κ2) is 6.40. The topological polar surface area (TPSA) is 41.5 Å². The molecule has 19 heavy (non-hydrogen) atoms. The first-order chi connectivity index (χ1) is 9.18. The normalized spacial score (nSPS) is 19.4. The van der Waals surface area contributed by atoms with Crippen LogP contribution in [-0.4, -0.2) is 23.9 Å². The Kier molecular flexibility index (Phi) is 4.83. The van der Waals surface area contributed by atoms with E-state index < -0.39 is 5.60 Å². The summed E-state index contributed by atoms with van der Waals surface area (Å²) in [6.45, 7) is 5.49. The molecule has 0 amide bonds. The molecule has 1 heterocycles. The highest BCUT2D eigenvalue weighted by atomic mass is 16.5. The third-order valence-corrected chi connectivity index (χ3v) is 4.18. The van der Waals surface area contributed by atoms with Gasteiger partial charge in [0.1, 0.15) is 5.75 Å². The van der Waals surface area contributed by atoms with E-state index in [1.807, 2.05) is 32.0 Å². The van der Waals surface area contributed by atoms with Crippen molar-refractivity contribution in [3.8, 4) is 5.75 Å². The van der Waals surface area contributed by atoms with Crippen molar-refractivity contribution in [1.29, 1.82) is 0 Å². The molecule has 1 aliphatic rings. The van der Waals surface area contributed by atoms with Crippen LogP contribution in [0.15, 0.2) is 24.3 Å². The Labute approximate surface area is 116 Å². The zero-order chi connectivity index (χ0) is 13.7. The first-order valence-electron chi connectivity index (χ1n) is 7.36. The number of hydrogen-bond acceptors (Lipinski definition) is 3. The van der Waals surface area contributed by atoms with Gasteiger partial charge in [0.15, 0.2) is 0 Å². The van der Waals surface area contributed by atoms with E-state index in [9.17, 15) is 5.11 Å². The maximum Gasteiger partial charge on any atom is 0.124 e. The Morgan fingerprint density at radius 1 is 1.32 bits per heavy atom. The van der Waals surface area contributed by atoms with Crippen molar-refractivity contribution in [2.75, 3.05) is 13.2 Å². The Hall–Kier alpha value is -1.06. The molecular formula is C16H25NO2. The van der Waals surface area contributed by atoms with Crippen molar-refractivity contribution in [2.24, 2.45) is 0 Å². The van der Waals surface area contributed by atoms with Gasteiger partial charge in [-0.2, -0.15) is 0 Å². The fourth-order valence-electron chi connectivity index (χ4n) is 2.55. The minimum atomic E-state index is -0.595. The second-order valence-corrected chi connectivity index (χ2v) is 5.39. The summed E-state index contributed by atoms with van der Waals surface area (Å²) in [4.78, 5) is 0. The summed E-state index contributed by atoms with van der Waals surface area (Å²) in [5, 5.41) is 13.9. The minimum absolute atomic E-state index is 0.281. The molecule has 0 aromatic heterocycles. The molecule has 106 valence electrons. The van der Waals surface area contributed by atoms with Gasteiger partial charge in [-0.25, -0.2) is 0 Å². The summed E-state index contributed by atoms with van der Waals surface area (Å²) in [6, 6.07) is 8.49. The molecule has 3 nitrogen and oxygen atoms in total. The third kappa shape index (κ3) is 3.48. The van der Waals surface area contributed by atoms with Crippen LogP contribution >= 0.6 is 0 Å². The minimum Gasteiger partial charge on any atom is -0.493 e.